The molecule has 29 heavy (non-hydrogen) atoms. The molecule has 2 aromatic carbocycles. The van der Waals surface area contributed by atoms with Crippen molar-refractivity contribution < 1.29 is 9.59 Å². The van der Waals surface area contributed by atoms with Crippen LogP contribution in [0.15, 0.2) is 59.7 Å². The van der Waals surface area contributed by atoms with Gasteiger partial charge in [-0.05, 0) is 61.9 Å². The summed E-state index contributed by atoms with van der Waals surface area (Å²) in [6.07, 6.45) is 0. The number of benzene rings is 2. The Morgan fingerprint density at radius 3 is 2.41 bits per heavy atom. The summed E-state index contributed by atoms with van der Waals surface area (Å²) in [4.78, 5) is 26.3. The summed E-state index contributed by atoms with van der Waals surface area (Å²) in [5.74, 6) is -0.566. The van der Waals surface area contributed by atoms with E-state index in [1.165, 1.54) is 17.4 Å². The number of carbonyl (C=O) groups is 2. The molecule has 0 bridgehead atoms. The standard InChI is InChI=1S/C21H17Cl2N3O2S/c1-12-6-9-19(29-12)21(28)24-16-5-3-4-14(10-16)13(2)25-26-20(27)15-7-8-17(22)18(23)11-15/h3-11H,1-2H3,(H,24,28)(H,26,27)/b25-13-. The Labute approximate surface area is 182 Å². The van der Waals surface area contributed by atoms with Crippen LogP contribution >= 0.6 is 34.5 Å². The minimum Gasteiger partial charge on any atom is -0.321 e. The number of anilines is 1. The summed E-state index contributed by atoms with van der Waals surface area (Å²) in [5.41, 5.74) is 4.84. The summed E-state index contributed by atoms with van der Waals surface area (Å²) in [6, 6.07) is 15.5. The molecule has 0 fully saturated rings. The molecule has 0 aliphatic rings. The quantitative estimate of drug-likeness (QED) is 0.386. The van der Waals surface area contributed by atoms with Gasteiger partial charge in [0.1, 0.15) is 0 Å². The van der Waals surface area contributed by atoms with Gasteiger partial charge in [-0.15, -0.1) is 11.3 Å². The number of aryl methyl sites for hydroxylation is 1. The lowest BCUT2D eigenvalue weighted by Gasteiger charge is -2.07. The van der Waals surface area contributed by atoms with Crippen LogP contribution in [0.1, 0.15) is 37.4 Å². The lowest BCUT2D eigenvalue weighted by atomic mass is 10.1. The van der Waals surface area contributed by atoms with Gasteiger partial charge in [-0.2, -0.15) is 5.10 Å². The molecule has 0 radical (unpaired) electrons. The zero-order valence-corrected chi connectivity index (χ0v) is 18.0. The van der Waals surface area contributed by atoms with Gasteiger partial charge in [0.2, 0.25) is 0 Å². The molecule has 0 saturated heterocycles. The summed E-state index contributed by atoms with van der Waals surface area (Å²) in [7, 11) is 0. The van der Waals surface area contributed by atoms with Gasteiger partial charge in [-0.3, -0.25) is 9.59 Å². The third-order valence-electron chi connectivity index (χ3n) is 4.01. The molecule has 2 N–H and O–H groups in total. The van der Waals surface area contributed by atoms with Crippen LogP contribution in [0.5, 0.6) is 0 Å². The van der Waals surface area contributed by atoms with Gasteiger partial charge in [0.25, 0.3) is 11.8 Å². The van der Waals surface area contributed by atoms with Crippen LogP contribution < -0.4 is 10.7 Å². The SMILES string of the molecule is C/C(=N/NC(=O)c1ccc(Cl)c(Cl)c1)c1cccc(NC(=O)c2ccc(C)s2)c1. The van der Waals surface area contributed by atoms with E-state index in [0.717, 1.165) is 10.4 Å². The lowest BCUT2D eigenvalue weighted by molar-refractivity contribution is 0.0954. The fourth-order valence-corrected chi connectivity index (χ4v) is 3.53. The largest absolute Gasteiger partial charge is 0.321 e. The average molecular weight is 446 g/mol. The fraction of sp³-hybridized carbons (Fsp3) is 0.0952. The maximum absolute atomic E-state index is 12.3. The second kappa shape index (κ2) is 9.22. The number of halogens is 2. The first kappa shape index (κ1) is 21.0. The number of hydrogen-bond acceptors (Lipinski definition) is 4. The average Bonchev–Trinajstić information content (AvgIpc) is 3.14. The van der Waals surface area contributed by atoms with Crippen molar-refractivity contribution in [2.75, 3.05) is 5.32 Å². The second-order valence-electron chi connectivity index (χ2n) is 6.21. The molecule has 5 nitrogen and oxygen atoms in total. The van der Waals surface area contributed by atoms with Crippen LogP contribution in [-0.2, 0) is 0 Å². The molecule has 2 amide bonds. The van der Waals surface area contributed by atoms with Crippen LogP contribution in [0.2, 0.25) is 10.0 Å². The molecule has 0 aliphatic carbocycles. The summed E-state index contributed by atoms with van der Waals surface area (Å²) in [5, 5.41) is 7.68. The minimum absolute atomic E-state index is 0.164. The highest BCUT2D eigenvalue weighted by Crippen LogP contribution is 2.22. The molecule has 148 valence electrons. The molecule has 1 heterocycles. The van der Waals surface area contributed by atoms with Crippen LogP contribution in [-0.4, -0.2) is 17.5 Å². The van der Waals surface area contributed by atoms with Gasteiger partial charge in [-0.1, -0.05) is 35.3 Å². The molecule has 0 saturated carbocycles. The monoisotopic (exact) mass is 445 g/mol. The Hall–Kier alpha value is -2.67. The third kappa shape index (κ3) is 5.44. The third-order valence-corrected chi connectivity index (χ3v) is 5.75. The predicted octanol–water partition coefficient (Wildman–Crippen LogP) is 5.77. The van der Waals surface area contributed by atoms with Crippen molar-refractivity contribution in [1.29, 1.82) is 0 Å². The molecule has 0 spiro atoms. The second-order valence-corrected chi connectivity index (χ2v) is 8.31. The van der Waals surface area contributed by atoms with E-state index in [-0.39, 0.29) is 5.91 Å². The zero-order chi connectivity index (χ0) is 21.0. The predicted molar refractivity (Wildman–Crippen MR) is 120 cm³/mol. The van der Waals surface area contributed by atoms with Crippen molar-refractivity contribution in [3.63, 3.8) is 0 Å². The number of thiophene rings is 1. The van der Waals surface area contributed by atoms with E-state index in [2.05, 4.69) is 15.8 Å². The van der Waals surface area contributed by atoms with Crippen molar-refractivity contribution in [3.05, 3.63) is 85.5 Å². The number of rotatable bonds is 5. The highest BCUT2D eigenvalue weighted by Gasteiger charge is 2.10. The normalized spacial score (nSPS) is 11.2. The van der Waals surface area contributed by atoms with Gasteiger partial charge < -0.3 is 5.32 Å². The minimum atomic E-state index is -0.402. The molecule has 1 aromatic heterocycles. The fourth-order valence-electron chi connectivity index (χ4n) is 2.47. The Balaban J connectivity index is 1.69. The Kier molecular flexibility index (Phi) is 6.69. The first-order valence-electron chi connectivity index (χ1n) is 8.61. The van der Waals surface area contributed by atoms with Gasteiger partial charge >= 0.3 is 0 Å². The van der Waals surface area contributed by atoms with Crippen molar-refractivity contribution in [1.82, 2.24) is 5.43 Å². The Bertz CT molecular complexity index is 1110. The lowest BCUT2D eigenvalue weighted by Crippen LogP contribution is -2.19. The van der Waals surface area contributed by atoms with Crippen molar-refractivity contribution in [2.45, 2.75) is 13.8 Å². The Morgan fingerprint density at radius 1 is 0.931 bits per heavy atom. The number of nitrogens with one attached hydrogen (secondary N) is 2. The van der Waals surface area contributed by atoms with Gasteiger partial charge in [-0.25, -0.2) is 5.43 Å². The molecule has 0 atom stereocenters. The number of hydrazone groups is 1. The first-order valence-corrected chi connectivity index (χ1v) is 10.2. The van der Waals surface area contributed by atoms with Gasteiger partial charge in [0, 0.05) is 16.1 Å². The topological polar surface area (TPSA) is 70.6 Å². The molecule has 8 heteroatoms. The van der Waals surface area contributed by atoms with Gasteiger partial charge in [0.15, 0.2) is 0 Å². The maximum Gasteiger partial charge on any atom is 0.271 e. The maximum atomic E-state index is 12.3. The molecule has 0 unspecified atom stereocenters. The molecular weight excluding hydrogens is 429 g/mol. The summed E-state index contributed by atoms with van der Waals surface area (Å²) < 4.78 is 0. The van der Waals surface area contributed by atoms with Crippen LogP contribution in [0.3, 0.4) is 0 Å². The van der Waals surface area contributed by atoms with E-state index >= 15 is 0 Å². The van der Waals surface area contributed by atoms with Crippen LogP contribution in [0, 0.1) is 6.92 Å². The Morgan fingerprint density at radius 2 is 1.72 bits per heavy atom. The van der Waals surface area contributed by atoms with Crippen molar-refractivity contribution in [2.24, 2.45) is 5.10 Å². The summed E-state index contributed by atoms with van der Waals surface area (Å²) >= 11 is 13.2. The van der Waals surface area contributed by atoms with E-state index in [9.17, 15) is 9.59 Å². The van der Waals surface area contributed by atoms with E-state index in [1.807, 2.05) is 25.1 Å². The molecule has 0 aliphatic heterocycles. The summed E-state index contributed by atoms with van der Waals surface area (Å²) in [6.45, 7) is 3.72. The molecule has 3 rings (SSSR count). The highest BCUT2D eigenvalue weighted by atomic mass is 35.5. The van der Waals surface area contributed by atoms with E-state index in [4.69, 9.17) is 23.2 Å². The molecular formula is C21H17Cl2N3O2S. The zero-order valence-electron chi connectivity index (χ0n) is 15.6. The number of nitrogens with zero attached hydrogens (tertiary/aromatic N) is 1. The first-order chi connectivity index (χ1) is 13.8. The number of amides is 2. The van der Waals surface area contributed by atoms with E-state index < -0.39 is 5.91 Å². The van der Waals surface area contributed by atoms with E-state index in [0.29, 0.717) is 31.9 Å². The number of hydrogen-bond donors (Lipinski definition) is 2. The van der Waals surface area contributed by atoms with E-state index in [1.54, 1.807) is 37.3 Å². The molecule has 3 aromatic rings. The van der Waals surface area contributed by atoms with Gasteiger partial charge in [0.05, 0.1) is 20.6 Å². The highest BCUT2D eigenvalue weighted by molar-refractivity contribution is 7.14. The van der Waals surface area contributed by atoms with Crippen molar-refractivity contribution >= 4 is 57.8 Å². The van der Waals surface area contributed by atoms with Crippen molar-refractivity contribution in [3.8, 4) is 0 Å². The van der Waals surface area contributed by atoms with Crippen LogP contribution in [0.25, 0.3) is 0 Å². The smallest absolute Gasteiger partial charge is 0.271 e. The number of carbonyl (C=O) groups excluding carboxylic acids is 2. The van der Waals surface area contributed by atoms with Crippen LogP contribution in [0.4, 0.5) is 5.69 Å².